The van der Waals surface area contributed by atoms with Crippen LogP contribution >= 0.6 is 0 Å². The number of ether oxygens (including phenoxy) is 2. The Labute approximate surface area is 109 Å². The van der Waals surface area contributed by atoms with Crippen LogP contribution in [0.15, 0.2) is 18.2 Å². The van der Waals surface area contributed by atoms with Crippen molar-refractivity contribution in [3.05, 3.63) is 24.0 Å². The third-order valence-electron chi connectivity index (χ3n) is 2.90. The van der Waals surface area contributed by atoms with Crippen molar-refractivity contribution < 1.29 is 9.47 Å². The standard InChI is InChI=1S/C12H13N5O2/c1-7-14-15-12-13-11(16-17(7)12)9-5-4-8(18-2)6-10(9)19-3/h4-6H,1-3H3,(H,13,15,16). The van der Waals surface area contributed by atoms with Gasteiger partial charge in [0.1, 0.15) is 11.5 Å². The Morgan fingerprint density at radius 3 is 2.68 bits per heavy atom. The summed E-state index contributed by atoms with van der Waals surface area (Å²) in [6.07, 6.45) is 0. The molecule has 1 N–H and O–H groups in total. The fourth-order valence-corrected chi connectivity index (χ4v) is 1.90. The molecule has 19 heavy (non-hydrogen) atoms. The average molecular weight is 259 g/mol. The Bertz CT molecular complexity index is 731. The van der Waals surface area contributed by atoms with Gasteiger partial charge in [-0.05, 0) is 19.1 Å². The molecule has 0 fully saturated rings. The minimum absolute atomic E-state index is 0.533. The van der Waals surface area contributed by atoms with Crippen molar-refractivity contribution in [2.75, 3.05) is 14.2 Å². The largest absolute Gasteiger partial charge is 0.497 e. The second-order valence-corrected chi connectivity index (χ2v) is 4.02. The molecular weight excluding hydrogens is 246 g/mol. The second kappa shape index (κ2) is 4.27. The van der Waals surface area contributed by atoms with Crippen LogP contribution in [0.4, 0.5) is 0 Å². The molecule has 0 radical (unpaired) electrons. The second-order valence-electron chi connectivity index (χ2n) is 4.02. The van der Waals surface area contributed by atoms with E-state index in [-0.39, 0.29) is 0 Å². The van der Waals surface area contributed by atoms with Gasteiger partial charge in [-0.1, -0.05) is 0 Å². The molecule has 0 saturated carbocycles. The lowest BCUT2D eigenvalue weighted by molar-refractivity contribution is 0.395. The number of hydrogen-bond acceptors (Lipinski definition) is 5. The van der Waals surface area contributed by atoms with E-state index in [1.165, 1.54) is 0 Å². The highest BCUT2D eigenvalue weighted by molar-refractivity contribution is 5.66. The molecule has 0 aliphatic heterocycles. The van der Waals surface area contributed by atoms with Crippen LogP contribution in [0.25, 0.3) is 17.2 Å². The minimum Gasteiger partial charge on any atom is -0.497 e. The summed E-state index contributed by atoms with van der Waals surface area (Å²) < 4.78 is 12.3. The normalized spacial score (nSPS) is 10.9. The Balaban J connectivity index is 2.14. The summed E-state index contributed by atoms with van der Waals surface area (Å²) in [7, 11) is 3.23. The molecule has 0 aliphatic rings. The molecular formula is C12H13N5O2. The van der Waals surface area contributed by atoms with Crippen molar-refractivity contribution in [2.24, 2.45) is 0 Å². The van der Waals surface area contributed by atoms with E-state index in [1.807, 2.05) is 25.1 Å². The molecule has 7 nitrogen and oxygen atoms in total. The van der Waals surface area contributed by atoms with Gasteiger partial charge >= 0.3 is 0 Å². The fourth-order valence-electron chi connectivity index (χ4n) is 1.90. The lowest BCUT2D eigenvalue weighted by atomic mass is 10.2. The highest BCUT2D eigenvalue weighted by Gasteiger charge is 2.13. The molecule has 3 aromatic rings. The molecule has 0 atom stereocenters. The molecule has 0 aliphatic carbocycles. The van der Waals surface area contributed by atoms with Crippen LogP contribution in [0.1, 0.15) is 5.82 Å². The zero-order valence-corrected chi connectivity index (χ0v) is 10.8. The van der Waals surface area contributed by atoms with Gasteiger partial charge in [-0.2, -0.15) is 4.98 Å². The first-order valence-corrected chi connectivity index (χ1v) is 5.73. The van der Waals surface area contributed by atoms with Crippen LogP contribution in [0.5, 0.6) is 11.5 Å². The van der Waals surface area contributed by atoms with Crippen molar-refractivity contribution in [2.45, 2.75) is 6.92 Å². The highest BCUT2D eigenvalue weighted by atomic mass is 16.5. The van der Waals surface area contributed by atoms with Gasteiger partial charge in [0.15, 0.2) is 11.6 Å². The van der Waals surface area contributed by atoms with Crippen LogP contribution < -0.4 is 9.47 Å². The maximum Gasteiger partial charge on any atom is 0.272 e. The number of benzene rings is 1. The fraction of sp³-hybridized carbons (Fsp3) is 0.250. The van der Waals surface area contributed by atoms with Crippen LogP contribution in [-0.4, -0.2) is 39.0 Å². The molecule has 0 bridgehead atoms. The number of methoxy groups -OCH3 is 2. The number of hydrogen-bond donors (Lipinski definition) is 1. The first-order chi connectivity index (χ1) is 9.22. The van der Waals surface area contributed by atoms with Crippen LogP contribution in [-0.2, 0) is 0 Å². The number of rotatable bonds is 3. The highest BCUT2D eigenvalue weighted by Crippen LogP contribution is 2.31. The number of aryl methyl sites for hydroxylation is 1. The number of nitrogens with zero attached hydrogens (tertiary/aromatic N) is 4. The number of H-pyrrole nitrogens is 1. The SMILES string of the molecule is COc1ccc(-c2nc3nnc(C)n3[nH]2)c(OC)c1. The Morgan fingerprint density at radius 2 is 2.00 bits per heavy atom. The minimum atomic E-state index is 0.533. The van der Waals surface area contributed by atoms with E-state index in [2.05, 4.69) is 20.3 Å². The zero-order chi connectivity index (χ0) is 13.4. The van der Waals surface area contributed by atoms with Crippen molar-refractivity contribution in [3.63, 3.8) is 0 Å². The van der Waals surface area contributed by atoms with E-state index in [4.69, 9.17) is 9.47 Å². The van der Waals surface area contributed by atoms with Gasteiger partial charge in [0.25, 0.3) is 5.78 Å². The molecule has 7 heteroatoms. The van der Waals surface area contributed by atoms with E-state index < -0.39 is 0 Å². The monoisotopic (exact) mass is 259 g/mol. The van der Waals surface area contributed by atoms with Gasteiger partial charge in [-0.25, -0.2) is 4.52 Å². The summed E-state index contributed by atoms with van der Waals surface area (Å²) in [4.78, 5) is 4.38. The maximum absolute atomic E-state index is 5.36. The average Bonchev–Trinajstić information content (AvgIpc) is 3.00. The predicted molar refractivity (Wildman–Crippen MR) is 68.4 cm³/mol. The van der Waals surface area contributed by atoms with E-state index >= 15 is 0 Å². The first kappa shape index (κ1) is 11.5. The van der Waals surface area contributed by atoms with E-state index in [1.54, 1.807) is 18.7 Å². The third kappa shape index (κ3) is 1.79. The summed E-state index contributed by atoms with van der Waals surface area (Å²) in [6.45, 7) is 1.85. The smallest absolute Gasteiger partial charge is 0.272 e. The molecule has 0 saturated heterocycles. The van der Waals surface area contributed by atoms with Gasteiger partial charge < -0.3 is 9.47 Å². The number of aromatic nitrogens is 5. The topological polar surface area (TPSA) is 77.3 Å². The van der Waals surface area contributed by atoms with Gasteiger partial charge in [0.2, 0.25) is 0 Å². The lowest BCUT2D eigenvalue weighted by Gasteiger charge is -2.07. The van der Waals surface area contributed by atoms with E-state index in [0.717, 1.165) is 17.1 Å². The van der Waals surface area contributed by atoms with Crippen molar-refractivity contribution >= 4 is 5.78 Å². The predicted octanol–water partition coefficient (Wildman–Crippen LogP) is 1.45. The molecule has 2 heterocycles. The van der Waals surface area contributed by atoms with Crippen molar-refractivity contribution in [3.8, 4) is 22.9 Å². The summed E-state index contributed by atoms with van der Waals surface area (Å²) in [5.41, 5.74) is 0.841. The molecule has 2 aromatic heterocycles. The lowest BCUT2D eigenvalue weighted by Crippen LogP contribution is -1.93. The van der Waals surface area contributed by atoms with Crippen LogP contribution in [0, 0.1) is 6.92 Å². The number of aromatic amines is 1. The summed E-state index contributed by atoms with van der Waals surface area (Å²) in [5.74, 6) is 3.37. The molecule has 0 amide bonds. The van der Waals surface area contributed by atoms with Crippen LogP contribution in [0.3, 0.4) is 0 Å². The Hall–Kier alpha value is -2.57. The Kier molecular flexibility index (Phi) is 2.59. The van der Waals surface area contributed by atoms with E-state index in [0.29, 0.717) is 17.4 Å². The van der Waals surface area contributed by atoms with Crippen LogP contribution in [0.2, 0.25) is 0 Å². The van der Waals surface area contributed by atoms with Gasteiger partial charge in [0, 0.05) is 6.07 Å². The molecule has 0 spiro atoms. The Morgan fingerprint density at radius 1 is 1.16 bits per heavy atom. The number of fused-ring (bicyclic) bond motifs is 1. The van der Waals surface area contributed by atoms with E-state index in [9.17, 15) is 0 Å². The van der Waals surface area contributed by atoms with Gasteiger partial charge in [-0.3, -0.25) is 5.10 Å². The first-order valence-electron chi connectivity index (χ1n) is 5.73. The van der Waals surface area contributed by atoms with Gasteiger partial charge in [0.05, 0.1) is 19.8 Å². The third-order valence-corrected chi connectivity index (χ3v) is 2.90. The van der Waals surface area contributed by atoms with Crippen molar-refractivity contribution in [1.29, 1.82) is 0 Å². The molecule has 98 valence electrons. The van der Waals surface area contributed by atoms with Crippen molar-refractivity contribution in [1.82, 2.24) is 24.8 Å². The molecule has 3 rings (SSSR count). The maximum atomic E-state index is 5.36. The zero-order valence-electron chi connectivity index (χ0n) is 10.8. The quantitative estimate of drug-likeness (QED) is 0.770. The molecule has 0 unspecified atom stereocenters. The number of nitrogens with one attached hydrogen (secondary N) is 1. The summed E-state index contributed by atoms with van der Waals surface area (Å²) >= 11 is 0. The summed E-state index contributed by atoms with van der Waals surface area (Å²) in [6, 6.07) is 5.55. The molecule has 1 aromatic carbocycles. The van der Waals surface area contributed by atoms with Gasteiger partial charge in [-0.15, -0.1) is 10.2 Å². The summed E-state index contributed by atoms with van der Waals surface area (Å²) in [5, 5.41) is 11.0.